The second-order valence-corrected chi connectivity index (χ2v) is 6.39. The van der Waals surface area contributed by atoms with Crippen LogP contribution in [0.5, 0.6) is 0 Å². The number of benzene rings is 1. The Morgan fingerprint density at radius 1 is 1.14 bits per heavy atom. The molecule has 3 heteroatoms. The van der Waals surface area contributed by atoms with E-state index >= 15 is 0 Å². The van der Waals surface area contributed by atoms with E-state index in [1.807, 2.05) is 0 Å². The lowest BCUT2D eigenvalue weighted by Crippen LogP contribution is -2.11. The first kappa shape index (κ1) is 15.6. The Bertz CT molecular complexity index is 603. The molecule has 2 aromatic rings. The summed E-state index contributed by atoms with van der Waals surface area (Å²) >= 11 is 0. The molecule has 2 N–H and O–H groups in total. The fourth-order valence-electron chi connectivity index (χ4n) is 2.82. The molecular formula is C18H27N3. The third-order valence-corrected chi connectivity index (χ3v) is 3.60. The summed E-state index contributed by atoms with van der Waals surface area (Å²) in [6.07, 6.45) is 2.06. The number of hydrogen-bond donors (Lipinski definition) is 1. The number of imidazole rings is 1. The van der Waals surface area contributed by atoms with Crippen molar-refractivity contribution in [1.29, 1.82) is 0 Å². The molecule has 0 saturated carbocycles. The number of hydrogen-bond acceptors (Lipinski definition) is 2. The van der Waals surface area contributed by atoms with Gasteiger partial charge in [-0.25, -0.2) is 4.98 Å². The van der Waals surface area contributed by atoms with Gasteiger partial charge in [0, 0.05) is 18.5 Å². The number of aryl methyl sites for hydroxylation is 3. The Morgan fingerprint density at radius 2 is 1.76 bits per heavy atom. The predicted octanol–water partition coefficient (Wildman–Crippen LogP) is 4.36. The molecular weight excluding hydrogens is 258 g/mol. The maximum Gasteiger partial charge on any atom is 0.131 e. The molecule has 1 heterocycles. The number of nitrogens with zero attached hydrogens (tertiary/aromatic N) is 2. The molecule has 0 spiro atoms. The highest BCUT2D eigenvalue weighted by molar-refractivity contribution is 5.72. The highest BCUT2D eigenvalue weighted by Crippen LogP contribution is 2.29. The van der Waals surface area contributed by atoms with Crippen LogP contribution in [-0.2, 0) is 13.0 Å². The molecule has 3 nitrogen and oxygen atoms in total. The molecule has 1 aromatic heterocycles. The number of aromatic nitrogens is 2. The van der Waals surface area contributed by atoms with Gasteiger partial charge < -0.3 is 10.3 Å². The highest BCUT2D eigenvalue weighted by Gasteiger charge is 2.16. The van der Waals surface area contributed by atoms with Crippen LogP contribution in [0, 0.1) is 19.8 Å². The third-order valence-electron chi connectivity index (χ3n) is 3.60. The lowest BCUT2D eigenvalue weighted by Gasteiger charge is -2.12. The van der Waals surface area contributed by atoms with E-state index in [9.17, 15) is 0 Å². The smallest absolute Gasteiger partial charge is 0.131 e. The van der Waals surface area contributed by atoms with E-state index in [1.54, 1.807) is 0 Å². The van der Waals surface area contributed by atoms with Crippen molar-refractivity contribution in [2.45, 2.75) is 54.0 Å². The van der Waals surface area contributed by atoms with Crippen molar-refractivity contribution >= 4 is 5.82 Å². The summed E-state index contributed by atoms with van der Waals surface area (Å²) in [4.78, 5) is 4.84. The molecule has 114 valence electrons. The summed E-state index contributed by atoms with van der Waals surface area (Å²) in [5.41, 5.74) is 11.0. The summed E-state index contributed by atoms with van der Waals surface area (Å²) in [5, 5.41) is 0. The van der Waals surface area contributed by atoms with Gasteiger partial charge in [-0.1, -0.05) is 38.0 Å². The van der Waals surface area contributed by atoms with Crippen LogP contribution in [0.2, 0.25) is 0 Å². The first-order valence-corrected chi connectivity index (χ1v) is 7.85. The second kappa shape index (κ2) is 6.33. The van der Waals surface area contributed by atoms with E-state index in [2.05, 4.69) is 57.4 Å². The van der Waals surface area contributed by atoms with Crippen LogP contribution in [0.15, 0.2) is 18.2 Å². The van der Waals surface area contributed by atoms with Crippen molar-refractivity contribution < 1.29 is 0 Å². The van der Waals surface area contributed by atoms with Gasteiger partial charge in [0.2, 0.25) is 0 Å². The quantitative estimate of drug-likeness (QED) is 0.887. The van der Waals surface area contributed by atoms with Gasteiger partial charge in [0.05, 0.1) is 0 Å². The Morgan fingerprint density at radius 3 is 2.29 bits per heavy atom. The summed E-state index contributed by atoms with van der Waals surface area (Å²) < 4.78 is 2.20. The molecule has 0 aliphatic heterocycles. The van der Waals surface area contributed by atoms with Crippen molar-refractivity contribution in [3.05, 3.63) is 35.2 Å². The Hall–Kier alpha value is -1.77. The maximum atomic E-state index is 6.42. The lowest BCUT2D eigenvalue weighted by atomic mass is 10.1. The zero-order chi connectivity index (χ0) is 15.6. The van der Waals surface area contributed by atoms with Crippen LogP contribution in [-0.4, -0.2) is 9.55 Å². The molecule has 21 heavy (non-hydrogen) atoms. The number of nitrogen functional groups attached to an aromatic ring is 1. The van der Waals surface area contributed by atoms with Crippen LogP contribution < -0.4 is 5.73 Å². The minimum atomic E-state index is 0.559. The van der Waals surface area contributed by atoms with Gasteiger partial charge in [0.1, 0.15) is 17.3 Å². The average Bonchev–Trinajstić information content (AvgIpc) is 2.66. The van der Waals surface area contributed by atoms with E-state index in [4.69, 9.17) is 10.7 Å². The van der Waals surface area contributed by atoms with Gasteiger partial charge in [0.25, 0.3) is 0 Å². The SMILES string of the molecule is CCCc1nc(-c2cc(C)cc(C)c2)c(N)n1CC(C)C. The van der Waals surface area contributed by atoms with Crippen molar-refractivity contribution in [3.63, 3.8) is 0 Å². The van der Waals surface area contributed by atoms with Gasteiger partial charge in [-0.15, -0.1) is 0 Å². The molecule has 0 bridgehead atoms. The monoisotopic (exact) mass is 285 g/mol. The summed E-state index contributed by atoms with van der Waals surface area (Å²) in [6.45, 7) is 11.8. The molecule has 1 aromatic carbocycles. The van der Waals surface area contributed by atoms with Crippen LogP contribution in [0.1, 0.15) is 44.1 Å². The number of rotatable bonds is 5. The van der Waals surface area contributed by atoms with E-state index in [0.29, 0.717) is 5.92 Å². The molecule has 0 fully saturated rings. The molecule has 2 rings (SSSR count). The predicted molar refractivity (Wildman–Crippen MR) is 90.4 cm³/mol. The molecule has 0 aliphatic carbocycles. The summed E-state index contributed by atoms with van der Waals surface area (Å²) in [7, 11) is 0. The largest absolute Gasteiger partial charge is 0.383 e. The Balaban J connectivity index is 2.53. The Kier molecular flexibility index (Phi) is 4.71. The van der Waals surface area contributed by atoms with E-state index in [-0.39, 0.29) is 0 Å². The van der Waals surface area contributed by atoms with Crippen LogP contribution in [0.25, 0.3) is 11.3 Å². The summed E-state index contributed by atoms with van der Waals surface area (Å²) in [5.74, 6) is 2.47. The molecule has 0 atom stereocenters. The van der Waals surface area contributed by atoms with Crippen LogP contribution >= 0.6 is 0 Å². The number of nitrogens with two attached hydrogens (primary N) is 1. The molecule has 0 aliphatic rings. The molecule has 0 saturated heterocycles. The fraction of sp³-hybridized carbons (Fsp3) is 0.500. The van der Waals surface area contributed by atoms with Crippen molar-refractivity contribution in [1.82, 2.24) is 9.55 Å². The third kappa shape index (κ3) is 3.46. The zero-order valence-corrected chi connectivity index (χ0v) is 13.9. The van der Waals surface area contributed by atoms with Gasteiger partial charge in [-0.2, -0.15) is 0 Å². The minimum Gasteiger partial charge on any atom is -0.383 e. The minimum absolute atomic E-state index is 0.559. The number of anilines is 1. The zero-order valence-electron chi connectivity index (χ0n) is 13.9. The van der Waals surface area contributed by atoms with Gasteiger partial charge >= 0.3 is 0 Å². The van der Waals surface area contributed by atoms with E-state index < -0.39 is 0 Å². The second-order valence-electron chi connectivity index (χ2n) is 6.39. The van der Waals surface area contributed by atoms with Gasteiger partial charge in [-0.05, 0) is 38.3 Å². The van der Waals surface area contributed by atoms with Crippen LogP contribution in [0.3, 0.4) is 0 Å². The lowest BCUT2D eigenvalue weighted by molar-refractivity contribution is 0.510. The highest BCUT2D eigenvalue weighted by atomic mass is 15.1. The topological polar surface area (TPSA) is 43.8 Å². The van der Waals surface area contributed by atoms with Crippen molar-refractivity contribution in [2.75, 3.05) is 5.73 Å². The average molecular weight is 285 g/mol. The normalized spacial score (nSPS) is 11.3. The maximum absolute atomic E-state index is 6.42. The van der Waals surface area contributed by atoms with Crippen molar-refractivity contribution in [2.24, 2.45) is 5.92 Å². The van der Waals surface area contributed by atoms with E-state index in [0.717, 1.165) is 42.3 Å². The van der Waals surface area contributed by atoms with Gasteiger partial charge in [-0.3, -0.25) is 0 Å². The van der Waals surface area contributed by atoms with Crippen LogP contribution in [0.4, 0.5) is 5.82 Å². The van der Waals surface area contributed by atoms with Gasteiger partial charge in [0.15, 0.2) is 0 Å². The Labute approximate surface area is 128 Å². The van der Waals surface area contributed by atoms with E-state index in [1.165, 1.54) is 11.1 Å². The summed E-state index contributed by atoms with van der Waals surface area (Å²) in [6, 6.07) is 6.51. The standard InChI is InChI=1S/C18H27N3/c1-6-7-16-20-17(18(19)21(16)11-12(2)3)15-9-13(4)8-14(5)10-15/h8-10,12H,6-7,11,19H2,1-5H3. The van der Waals surface area contributed by atoms with Crippen molar-refractivity contribution in [3.8, 4) is 11.3 Å². The first-order chi connectivity index (χ1) is 9.92. The molecule has 0 unspecified atom stereocenters. The molecule has 0 amide bonds. The fourth-order valence-corrected chi connectivity index (χ4v) is 2.82. The first-order valence-electron chi connectivity index (χ1n) is 7.85. The molecule has 0 radical (unpaired) electrons.